The molecule has 1 aromatic carbocycles. The third kappa shape index (κ3) is 4.40. The van der Waals surface area contributed by atoms with Crippen LogP contribution in [0.1, 0.15) is 45.4 Å². The van der Waals surface area contributed by atoms with Gasteiger partial charge in [0.15, 0.2) is 5.78 Å². The molecule has 7 heteroatoms. The highest BCUT2D eigenvalue weighted by molar-refractivity contribution is 6.40. The van der Waals surface area contributed by atoms with Crippen molar-refractivity contribution in [1.29, 1.82) is 0 Å². The summed E-state index contributed by atoms with van der Waals surface area (Å²) < 4.78 is 0. The van der Waals surface area contributed by atoms with Crippen molar-refractivity contribution < 1.29 is 14.4 Å². The standard InChI is InChI=1S/C23H30N4O3/c1-17(28)21-15-20(24-27(21)19-7-3-2-4-8-19)23(30)25-13-10-18(11-14-25)16-26-12-6-5-9-22(26)29/h2-4,7-8,18,21H,5-6,9-16H2,1H3. The van der Waals surface area contributed by atoms with Crippen molar-refractivity contribution in [1.82, 2.24) is 9.80 Å². The number of carbonyl (C=O) groups excluding carboxylic acids is 3. The predicted molar refractivity (Wildman–Crippen MR) is 115 cm³/mol. The molecule has 160 valence electrons. The first-order valence-corrected chi connectivity index (χ1v) is 11.0. The Kier molecular flexibility index (Phi) is 6.16. The highest BCUT2D eigenvalue weighted by Gasteiger charge is 2.37. The van der Waals surface area contributed by atoms with Gasteiger partial charge in [-0.1, -0.05) is 18.2 Å². The quantitative estimate of drug-likeness (QED) is 0.748. The summed E-state index contributed by atoms with van der Waals surface area (Å²) >= 11 is 0. The SMILES string of the molecule is CC(=O)C1CC(C(=O)N2CCC(CN3CCCCC3=O)CC2)=NN1c1ccccc1. The monoisotopic (exact) mass is 410 g/mol. The van der Waals surface area contributed by atoms with Gasteiger partial charge in [0, 0.05) is 39.0 Å². The van der Waals surface area contributed by atoms with E-state index in [1.807, 2.05) is 40.1 Å². The first kappa shape index (κ1) is 20.6. The number of carbonyl (C=O) groups is 3. The number of hydrogen-bond acceptors (Lipinski definition) is 5. The van der Waals surface area contributed by atoms with Crippen molar-refractivity contribution in [2.24, 2.45) is 11.0 Å². The van der Waals surface area contributed by atoms with Crippen LogP contribution >= 0.6 is 0 Å². The molecule has 1 atom stereocenters. The number of Topliss-reactive ketones (excluding diaryl/α,β-unsaturated/α-hetero) is 1. The number of benzene rings is 1. The topological polar surface area (TPSA) is 73.3 Å². The molecule has 0 saturated carbocycles. The first-order valence-electron chi connectivity index (χ1n) is 11.0. The summed E-state index contributed by atoms with van der Waals surface area (Å²) in [7, 11) is 0. The smallest absolute Gasteiger partial charge is 0.270 e. The third-order valence-corrected chi connectivity index (χ3v) is 6.45. The van der Waals surface area contributed by atoms with Gasteiger partial charge in [-0.15, -0.1) is 0 Å². The van der Waals surface area contributed by atoms with Gasteiger partial charge in [0.25, 0.3) is 5.91 Å². The van der Waals surface area contributed by atoms with Crippen LogP contribution in [0.4, 0.5) is 5.69 Å². The normalized spacial score (nSPS) is 23.0. The number of rotatable bonds is 5. The number of likely N-dealkylation sites (tertiary alicyclic amines) is 2. The lowest BCUT2D eigenvalue weighted by Gasteiger charge is -2.36. The molecule has 0 N–H and O–H groups in total. The van der Waals surface area contributed by atoms with E-state index in [-0.39, 0.29) is 17.6 Å². The molecule has 3 aliphatic heterocycles. The number of nitrogens with zero attached hydrogens (tertiary/aromatic N) is 4. The Balaban J connectivity index is 1.36. The van der Waals surface area contributed by atoms with Gasteiger partial charge in [-0.3, -0.25) is 19.4 Å². The Morgan fingerprint density at radius 2 is 1.80 bits per heavy atom. The zero-order valence-electron chi connectivity index (χ0n) is 17.6. The molecule has 0 bridgehead atoms. The number of para-hydroxylation sites is 1. The third-order valence-electron chi connectivity index (χ3n) is 6.45. The predicted octanol–water partition coefficient (Wildman–Crippen LogP) is 2.46. The number of hydrogen-bond donors (Lipinski definition) is 0. The molecule has 0 spiro atoms. The molecule has 2 amide bonds. The zero-order chi connectivity index (χ0) is 21.1. The van der Waals surface area contributed by atoms with Crippen molar-refractivity contribution >= 4 is 29.0 Å². The van der Waals surface area contributed by atoms with Crippen molar-refractivity contribution in [2.45, 2.75) is 51.5 Å². The summed E-state index contributed by atoms with van der Waals surface area (Å²) in [5, 5.41) is 6.23. The number of amides is 2. The van der Waals surface area contributed by atoms with Gasteiger partial charge >= 0.3 is 0 Å². The maximum atomic E-state index is 13.1. The second-order valence-electron chi connectivity index (χ2n) is 8.59. The summed E-state index contributed by atoms with van der Waals surface area (Å²) in [5.74, 6) is 0.672. The van der Waals surface area contributed by atoms with E-state index in [0.717, 1.165) is 44.5 Å². The highest BCUT2D eigenvalue weighted by Crippen LogP contribution is 2.27. The van der Waals surface area contributed by atoms with E-state index in [0.29, 0.717) is 37.6 Å². The summed E-state index contributed by atoms with van der Waals surface area (Å²) in [6.45, 7) is 4.60. The maximum absolute atomic E-state index is 13.1. The minimum atomic E-state index is -0.422. The second kappa shape index (κ2) is 8.98. The van der Waals surface area contributed by atoms with Crippen molar-refractivity contribution in [3.05, 3.63) is 30.3 Å². The zero-order valence-corrected chi connectivity index (χ0v) is 17.6. The molecule has 0 aliphatic carbocycles. The molecule has 2 fully saturated rings. The molecular formula is C23H30N4O3. The van der Waals surface area contributed by atoms with Crippen LogP contribution in [-0.4, -0.2) is 65.3 Å². The van der Waals surface area contributed by atoms with Gasteiger partial charge in [-0.05, 0) is 50.7 Å². The van der Waals surface area contributed by atoms with Gasteiger partial charge in [-0.2, -0.15) is 5.10 Å². The Morgan fingerprint density at radius 1 is 1.07 bits per heavy atom. The average Bonchev–Trinajstić information content (AvgIpc) is 3.22. The minimum absolute atomic E-state index is 0.00955. The molecule has 0 radical (unpaired) electrons. The molecule has 30 heavy (non-hydrogen) atoms. The van der Waals surface area contributed by atoms with Crippen molar-refractivity contribution in [2.75, 3.05) is 31.2 Å². The summed E-state index contributed by atoms with van der Waals surface area (Å²) in [6.07, 6.45) is 4.93. The van der Waals surface area contributed by atoms with Crippen LogP contribution in [0.15, 0.2) is 35.4 Å². The Morgan fingerprint density at radius 3 is 2.47 bits per heavy atom. The van der Waals surface area contributed by atoms with E-state index in [2.05, 4.69) is 5.10 Å². The van der Waals surface area contributed by atoms with Gasteiger partial charge in [0.2, 0.25) is 5.91 Å². The summed E-state index contributed by atoms with van der Waals surface area (Å²) in [4.78, 5) is 41.2. The molecule has 1 aromatic rings. The number of anilines is 1. The molecule has 1 unspecified atom stereocenters. The lowest BCUT2D eigenvalue weighted by Crippen LogP contribution is -2.45. The Hall–Kier alpha value is -2.70. The van der Waals surface area contributed by atoms with E-state index < -0.39 is 6.04 Å². The van der Waals surface area contributed by atoms with Crippen molar-refractivity contribution in [3.63, 3.8) is 0 Å². The lowest BCUT2D eigenvalue weighted by molar-refractivity contribution is -0.134. The minimum Gasteiger partial charge on any atom is -0.342 e. The Labute approximate surface area is 177 Å². The molecular weight excluding hydrogens is 380 g/mol. The van der Waals surface area contributed by atoms with Crippen LogP contribution in [0, 0.1) is 5.92 Å². The van der Waals surface area contributed by atoms with Crippen molar-refractivity contribution in [3.8, 4) is 0 Å². The van der Waals surface area contributed by atoms with Crippen LogP contribution in [-0.2, 0) is 14.4 Å². The van der Waals surface area contributed by atoms with Crippen LogP contribution in [0.2, 0.25) is 0 Å². The average molecular weight is 411 g/mol. The fourth-order valence-corrected chi connectivity index (χ4v) is 4.64. The largest absolute Gasteiger partial charge is 0.342 e. The number of piperidine rings is 2. The Bertz CT molecular complexity index is 830. The van der Waals surface area contributed by atoms with Crippen LogP contribution in [0.25, 0.3) is 0 Å². The van der Waals surface area contributed by atoms with E-state index in [1.165, 1.54) is 0 Å². The second-order valence-corrected chi connectivity index (χ2v) is 8.59. The molecule has 0 aromatic heterocycles. The summed E-state index contributed by atoms with van der Waals surface area (Å²) in [6, 6.07) is 9.11. The highest BCUT2D eigenvalue weighted by atomic mass is 16.2. The molecule has 4 rings (SSSR count). The van der Waals surface area contributed by atoms with E-state index in [1.54, 1.807) is 11.9 Å². The number of hydrazone groups is 1. The molecule has 7 nitrogen and oxygen atoms in total. The molecule has 2 saturated heterocycles. The van der Waals surface area contributed by atoms with E-state index >= 15 is 0 Å². The van der Waals surface area contributed by atoms with Crippen LogP contribution in [0.3, 0.4) is 0 Å². The maximum Gasteiger partial charge on any atom is 0.270 e. The van der Waals surface area contributed by atoms with E-state index in [4.69, 9.17) is 0 Å². The van der Waals surface area contributed by atoms with Gasteiger partial charge < -0.3 is 9.80 Å². The van der Waals surface area contributed by atoms with Crippen LogP contribution < -0.4 is 5.01 Å². The lowest BCUT2D eigenvalue weighted by atomic mass is 9.94. The first-order chi connectivity index (χ1) is 14.5. The van der Waals surface area contributed by atoms with Gasteiger partial charge in [0.05, 0.1) is 5.69 Å². The van der Waals surface area contributed by atoms with Gasteiger partial charge in [0.1, 0.15) is 11.8 Å². The number of ketones is 1. The van der Waals surface area contributed by atoms with Gasteiger partial charge in [-0.25, -0.2) is 0 Å². The fraction of sp³-hybridized carbons (Fsp3) is 0.565. The van der Waals surface area contributed by atoms with Crippen LogP contribution in [0.5, 0.6) is 0 Å². The summed E-state index contributed by atoms with van der Waals surface area (Å²) in [5.41, 5.74) is 1.29. The molecule has 3 aliphatic rings. The fourth-order valence-electron chi connectivity index (χ4n) is 4.64. The molecule has 3 heterocycles. The van der Waals surface area contributed by atoms with E-state index in [9.17, 15) is 14.4 Å².